The Morgan fingerprint density at radius 2 is 2.27 bits per heavy atom. The van der Waals surface area contributed by atoms with Crippen molar-refractivity contribution in [2.24, 2.45) is 5.73 Å². The van der Waals surface area contributed by atoms with Crippen molar-refractivity contribution in [3.63, 3.8) is 0 Å². The minimum atomic E-state index is -0.111. The molecule has 0 aromatic heterocycles. The van der Waals surface area contributed by atoms with Crippen LogP contribution in [0.2, 0.25) is 0 Å². The summed E-state index contributed by atoms with van der Waals surface area (Å²) in [5.74, 6) is 0.0999. The van der Waals surface area contributed by atoms with Crippen LogP contribution in [0, 0.1) is 0 Å². The van der Waals surface area contributed by atoms with Crippen LogP contribution in [-0.4, -0.2) is 41.5 Å². The zero-order chi connectivity index (χ0) is 11.4. The Morgan fingerprint density at radius 1 is 1.67 bits per heavy atom. The van der Waals surface area contributed by atoms with Crippen molar-refractivity contribution in [2.75, 3.05) is 13.6 Å². The molecule has 0 aromatic rings. The van der Waals surface area contributed by atoms with E-state index in [1.54, 1.807) is 0 Å². The van der Waals surface area contributed by atoms with Crippen molar-refractivity contribution < 1.29 is 4.79 Å². The Kier molecular flexibility index (Phi) is 4.47. The van der Waals surface area contributed by atoms with Gasteiger partial charge in [0.1, 0.15) is 0 Å². The first-order valence-electron chi connectivity index (χ1n) is 5.29. The monoisotopic (exact) mass is 229 g/mol. The number of nitrogens with zero attached hydrogens (tertiary/aromatic N) is 1. The lowest BCUT2D eigenvalue weighted by Crippen LogP contribution is -2.44. The molecule has 0 aromatic carbocycles. The van der Waals surface area contributed by atoms with E-state index in [0.717, 1.165) is 19.4 Å². The van der Waals surface area contributed by atoms with Gasteiger partial charge in [0.2, 0.25) is 5.91 Å². The molecule has 3 N–H and O–H groups in total. The van der Waals surface area contributed by atoms with Gasteiger partial charge in [-0.15, -0.1) is 0 Å². The number of carbonyl (C=O) groups excluding carboxylic acids is 1. The average Bonchev–Trinajstić information content (AvgIpc) is 2.96. The van der Waals surface area contributed by atoms with Crippen LogP contribution in [0.5, 0.6) is 0 Å². The van der Waals surface area contributed by atoms with Crippen molar-refractivity contribution in [3.05, 3.63) is 0 Å². The molecule has 1 amide bonds. The summed E-state index contributed by atoms with van der Waals surface area (Å²) in [7, 11) is 1.91. The summed E-state index contributed by atoms with van der Waals surface area (Å²) in [5, 5.41) is 2.98. The molecule has 0 aliphatic heterocycles. The van der Waals surface area contributed by atoms with E-state index in [-0.39, 0.29) is 11.9 Å². The number of nitrogens with two attached hydrogens (primary N) is 1. The van der Waals surface area contributed by atoms with Crippen LogP contribution in [0.15, 0.2) is 0 Å². The van der Waals surface area contributed by atoms with Gasteiger partial charge in [0, 0.05) is 19.0 Å². The number of hydrogen-bond acceptors (Lipinski definition) is 3. The van der Waals surface area contributed by atoms with Crippen LogP contribution in [0.4, 0.5) is 0 Å². The summed E-state index contributed by atoms with van der Waals surface area (Å²) < 4.78 is 0. The van der Waals surface area contributed by atoms with Crippen LogP contribution in [0.3, 0.4) is 0 Å². The predicted octanol–water partition coefficient (Wildman–Crippen LogP) is 0.262. The van der Waals surface area contributed by atoms with Crippen molar-refractivity contribution >= 4 is 23.1 Å². The van der Waals surface area contributed by atoms with Crippen LogP contribution in [-0.2, 0) is 4.79 Å². The van der Waals surface area contributed by atoms with E-state index in [9.17, 15) is 4.79 Å². The van der Waals surface area contributed by atoms with Gasteiger partial charge in [-0.3, -0.25) is 9.69 Å². The Hall–Kier alpha value is -0.680. The lowest BCUT2D eigenvalue weighted by atomic mass is 10.2. The number of thiocarbonyl (C=S) groups is 1. The Balaban J connectivity index is 2.26. The molecule has 0 radical (unpaired) electrons. The minimum Gasteiger partial charge on any atom is -0.393 e. The standard InChI is InChI=1S/C10H19N3OS/c1-7(10(14)12-8-3-4-8)13(2)6-5-9(11)15/h7-8H,3-6H2,1-2H3,(H2,11,15)(H,12,14). The molecule has 5 heteroatoms. The average molecular weight is 229 g/mol. The SMILES string of the molecule is CC(C(=O)NC1CC1)N(C)CCC(N)=S. The van der Waals surface area contributed by atoms with Gasteiger partial charge < -0.3 is 11.1 Å². The summed E-state index contributed by atoms with van der Waals surface area (Å²) in [4.78, 5) is 14.1. The zero-order valence-corrected chi connectivity index (χ0v) is 10.1. The molecule has 0 bridgehead atoms. The van der Waals surface area contributed by atoms with E-state index < -0.39 is 0 Å². The van der Waals surface area contributed by atoms with E-state index in [0.29, 0.717) is 17.5 Å². The highest BCUT2D eigenvalue weighted by Crippen LogP contribution is 2.18. The maximum absolute atomic E-state index is 11.7. The summed E-state index contributed by atoms with van der Waals surface area (Å²) in [6, 6.07) is 0.309. The molecule has 4 nitrogen and oxygen atoms in total. The highest BCUT2D eigenvalue weighted by Gasteiger charge is 2.26. The van der Waals surface area contributed by atoms with Gasteiger partial charge in [-0.2, -0.15) is 0 Å². The molecule has 86 valence electrons. The predicted molar refractivity (Wildman–Crippen MR) is 64.7 cm³/mol. The molecule has 15 heavy (non-hydrogen) atoms. The summed E-state index contributed by atoms with van der Waals surface area (Å²) in [5.41, 5.74) is 5.41. The van der Waals surface area contributed by atoms with Gasteiger partial charge in [0.25, 0.3) is 0 Å². The van der Waals surface area contributed by atoms with Crippen molar-refractivity contribution in [1.29, 1.82) is 0 Å². The van der Waals surface area contributed by atoms with Crippen LogP contribution >= 0.6 is 12.2 Å². The van der Waals surface area contributed by atoms with Crippen LogP contribution in [0.1, 0.15) is 26.2 Å². The number of rotatable bonds is 6. The molecular weight excluding hydrogens is 210 g/mol. The molecule has 1 saturated carbocycles. The third kappa shape index (κ3) is 4.57. The third-order valence-electron chi connectivity index (χ3n) is 2.68. The smallest absolute Gasteiger partial charge is 0.237 e. The molecule has 1 rings (SSSR count). The summed E-state index contributed by atoms with van der Waals surface area (Å²) in [6.45, 7) is 2.63. The number of hydrogen-bond donors (Lipinski definition) is 2. The Morgan fingerprint density at radius 3 is 2.73 bits per heavy atom. The van der Waals surface area contributed by atoms with Gasteiger partial charge in [-0.25, -0.2) is 0 Å². The van der Waals surface area contributed by atoms with E-state index in [1.807, 2.05) is 18.9 Å². The first kappa shape index (κ1) is 12.4. The van der Waals surface area contributed by atoms with Crippen LogP contribution < -0.4 is 11.1 Å². The van der Waals surface area contributed by atoms with Crippen molar-refractivity contribution in [2.45, 2.75) is 38.3 Å². The zero-order valence-electron chi connectivity index (χ0n) is 9.32. The van der Waals surface area contributed by atoms with Crippen LogP contribution in [0.25, 0.3) is 0 Å². The summed E-state index contributed by atoms with van der Waals surface area (Å²) in [6.07, 6.45) is 2.90. The Bertz CT molecular complexity index is 253. The molecule has 0 spiro atoms. The Labute approximate surface area is 96.2 Å². The lowest BCUT2D eigenvalue weighted by Gasteiger charge is -2.23. The van der Waals surface area contributed by atoms with E-state index >= 15 is 0 Å². The summed E-state index contributed by atoms with van der Waals surface area (Å²) >= 11 is 4.80. The fourth-order valence-corrected chi connectivity index (χ4v) is 1.32. The maximum atomic E-state index is 11.7. The molecule has 1 unspecified atom stereocenters. The lowest BCUT2D eigenvalue weighted by molar-refractivity contribution is -0.125. The first-order valence-corrected chi connectivity index (χ1v) is 5.70. The molecule has 1 aliphatic carbocycles. The molecule has 1 fully saturated rings. The van der Waals surface area contributed by atoms with E-state index in [1.165, 1.54) is 0 Å². The first-order chi connectivity index (χ1) is 7.00. The molecule has 1 atom stereocenters. The quantitative estimate of drug-likeness (QED) is 0.642. The van der Waals surface area contributed by atoms with Gasteiger partial charge in [-0.1, -0.05) is 12.2 Å². The van der Waals surface area contributed by atoms with Gasteiger partial charge in [-0.05, 0) is 26.8 Å². The minimum absolute atomic E-state index is 0.0999. The number of likely N-dealkylation sites (N-methyl/N-ethyl adjacent to an activating group) is 1. The largest absolute Gasteiger partial charge is 0.393 e. The number of amides is 1. The maximum Gasteiger partial charge on any atom is 0.237 e. The number of nitrogens with one attached hydrogen (secondary N) is 1. The van der Waals surface area contributed by atoms with Gasteiger partial charge in [0.05, 0.1) is 11.0 Å². The highest BCUT2D eigenvalue weighted by atomic mass is 32.1. The number of carbonyl (C=O) groups is 1. The molecule has 0 saturated heterocycles. The fraction of sp³-hybridized carbons (Fsp3) is 0.800. The van der Waals surface area contributed by atoms with Crippen molar-refractivity contribution in [3.8, 4) is 0 Å². The van der Waals surface area contributed by atoms with Crippen molar-refractivity contribution in [1.82, 2.24) is 10.2 Å². The normalized spacial score (nSPS) is 17.5. The fourth-order valence-electron chi connectivity index (χ4n) is 1.23. The second-order valence-corrected chi connectivity index (χ2v) is 4.68. The molecular formula is C10H19N3OS. The second-order valence-electron chi connectivity index (χ2n) is 4.16. The topological polar surface area (TPSA) is 58.4 Å². The van der Waals surface area contributed by atoms with Gasteiger partial charge >= 0.3 is 0 Å². The second kappa shape index (κ2) is 5.42. The van der Waals surface area contributed by atoms with E-state index in [4.69, 9.17) is 18.0 Å². The van der Waals surface area contributed by atoms with Gasteiger partial charge in [0.15, 0.2) is 0 Å². The molecule has 1 aliphatic rings. The highest BCUT2D eigenvalue weighted by molar-refractivity contribution is 7.80. The molecule has 0 heterocycles. The third-order valence-corrected chi connectivity index (χ3v) is 2.88. The van der Waals surface area contributed by atoms with E-state index in [2.05, 4.69) is 5.32 Å².